The Hall–Kier alpha value is -2.44. The van der Waals surface area contributed by atoms with Crippen molar-refractivity contribution in [2.24, 2.45) is 0 Å². The first-order valence-corrected chi connectivity index (χ1v) is 25.6. The second-order valence-electron chi connectivity index (χ2n) is 17.3. The number of allylic oxidation sites excluding steroid dienone is 10. The number of aliphatic hydroxyl groups excluding tert-OH is 2. The van der Waals surface area contributed by atoms with Crippen LogP contribution < -0.4 is 5.32 Å². The molecule has 0 saturated heterocycles. The third kappa shape index (κ3) is 42.3. The Labute approximate surface area is 371 Å². The highest BCUT2D eigenvalue weighted by molar-refractivity contribution is 5.77. The van der Waals surface area contributed by atoms with Gasteiger partial charge in [-0.05, 0) is 70.6 Å². The average Bonchev–Trinajstić information content (AvgIpc) is 3.24. The van der Waals surface area contributed by atoms with Crippen molar-refractivity contribution in [3.63, 3.8) is 0 Å². The molecule has 0 aromatic heterocycles. The van der Waals surface area contributed by atoms with Crippen molar-refractivity contribution < 1.29 is 24.5 Å². The van der Waals surface area contributed by atoms with Gasteiger partial charge in [-0.25, -0.2) is 0 Å². The molecule has 0 saturated carbocycles. The van der Waals surface area contributed by atoms with Gasteiger partial charge in [-0.3, -0.25) is 9.59 Å². The van der Waals surface area contributed by atoms with Gasteiger partial charge in [0.25, 0.3) is 0 Å². The molecule has 60 heavy (non-hydrogen) atoms. The lowest BCUT2D eigenvalue weighted by atomic mass is 10.0. The van der Waals surface area contributed by atoms with Crippen molar-refractivity contribution in [3.05, 3.63) is 60.8 Å². The number of carbonyl (C=O) groups excluding carboxylic acids is 2. The lowest BCUT2D eigenvalue weighted by molar-refractivity contribution is -0.151. The highest BCUT2D eigenvalue weighted by Crippen LogP contribution is 2.18. The minimum Gasteiger partial charge on any atom is -0.462 e. The van der Waals surface area contributed by atoms with Crippen LogP contribution in [0.15, 0.2) is 60.8 Å². The number of aliphatic hydroxyl groups is 2. The molecule has 1 amide bonds. The monoisotopic (exact) mass is 840 g/mol. The Morgan fingerprint density at radius 3 is 1.42 bits per heavy atom. The van der Waals surface area contributed by atoms with E-state index >= 15 is 0 Å². The van der Waals surface area contributed by atoms with Gasteiger partial charge in [0.15, 0.2) is 0 Å². The van der Waals surface area contributed by atoms with Crippen LogP contribution >= 0.6 is 0 Å². The SMILES string of the molecule is CC/C=C/C=C/C=C\C=C/CCCCCC(=O)OC(CCCCCCCCC/C=C/CCCCCCCC)CC(=O)NC(CO)C(O)CCCCCCCCCCCCC. The second kappa shape index (κ2) is 47.6. The highest BCUT2D eigenvalue weighted by atomic mass is 16.5. The van der Waals surface area contributed by atoms with Gasteiger partial charge in [0, 0.05) is 6.42 Å². The zero-order chi connectivity index (χ0) is 43.8. The molecule has 3 atom stereocenters. The Morgan fingerprint density at radius 2 is 0.917 bits per heavy atom. The van der Waals surface area contributed by atoms with Crippen LogP contribution in [-0.4, -0.2) is 46.9 Å². The van der Waals surface area contributed by atoms with Gasteiger partial charge in [-0.15, -0.1) is 0 Å². The molecule has 0 aromatic carbocycles. The van der Waals surface area contributed by atoms with E-state index in [0.29, 0.717) is 19.3 Å². The summed E-state index contributed by atoms with van der Waals surface area (Å²) in [5.74, 6) is -0.522. The van der Waals surface area contributed by atoms with E-state index in [1.807, 2.05) is 24.3 Å². The first kappa shape index (κ1) is 57.6. The van der Waals surface area contributed by atoms with Crippen LogP contribution in [0, 0.1) is 0 Å². The standard InChI is InChI=1S/C54H97NO5/c1-4-7-10-13-16-19-22-24-25-26-27-29-31-33-36-39-42-45-50(60-54(59)47-44-41-38-35-32-28-23-20-17-14-11-8-5-2)48-53(58)55-51(49-56)52(57)46-43-40-37-34-30-21-18-15-12-9-6-3/h8,11,14,17,20,23-25,28,32,50-52,56-57H,4-7,9-10,12-13,15-16,18-19,21-22,26-27,29-31,33-49H2,1-3H3,(H,55,58)/b11-8+,17-14+,23-20-,25-24+,32-28-. The Morgan fingerprint density at radius 1 is 0.500 bits per heavy atom. The van der Waals surface area contributed by atoms with Crippen molar-refractivity contribution in [2.45, 2.75) is 264 Å². The molecule has 0 radical (unpaired) electrons. The molecule has 6 heteroatoms. The maximum atomic E-state index is 13.2. The van der Waals surface area contributed by atoms with Crippen LogP contribution in [0.4, 0.5) is 0 Å². The Bertz CT molecular complexity index is 1080. The number of amides is 1. The van der Waals surface area contributed by atoms with E-state index in [2.05, 4.69) is 62.5 Å². The predicted molar refractivity (Wildman–Crippen MR) is 259 cm³/mol. The van der Waals surface area contributed by atoms with Crippen LogP contribution in [-0.2, 0) is 14.3 Å². The van der Waals surface area contributed by atoms with Crippen LogP contribution in [0.25, 0.3) is 0 Å². The fraction of sp³-hybridized carbons (Fsp3) is 0.778. The van der Waals surface area contributed by atoms with E-state index in [0.717, 1.165) is 70.6 Å². The van der Waals surface area contributed by atoms with Gasteiger partial charge in [0.05, 0.1) is 25.2 Å². The van der Waals surface area contributed by atoms with Crippen LogP contribution in [0.2, 0.25) is 0 Å². The summed E-state index contributed by atoms with van der Waals surface area (Å²) in [6.07, 6.45) is 58.5. The summed E-state index contributed by atoms with van der Waals surface area (Å²) in [6.45, 7) is 6.32. The van der Waals surface area contributed by atoms with Gasteiger partial charge in [-0.2, -0.15) is 0 Å². The van der Waals surface area contributed by atoms with Crippen molar-refractivity contribution in [1.29, 1.82) is 0 Å². The predicted octanol–water partition coefficient (Wildman–Crippen LogP) is 15.2. The quantitative estimate of drug-likeness (QED) is 0.0246. The summed E-state index contributed by atoms with van der Waals surface area (Å²) >= 11 is 0. The third-order valence-corrected chi connectivity index (χ3v) is 11.4. The molecule has 3 unspecified atom stereocenters. The van der Waals surface area contributed by atoms with E-state index in [-0.39, 0.29) is 24.9 Å². The van der Waals surface area contributed by atoms with Gasteiger partial charge < -0.3 is 20.3 Å². The normalized spacial score (nSPS) is 13.8. The molecule has 0 fully saturated rings. The summed E-state index contributed by atoms with van der Waals surface area (Å²) in [5.41, 5.74) is 0. The smallest absolute Gasteiger partial charge is 0.306 e. The molecule has 348 valence electrons. The number of unbranched alkanes of at least 4 members (excludes halogenated alkanes) is 26. The first-order chi connectivity index (χ1) is 29.5. The molecule has 3 N–H and O–H groups in total. The summed E-state index contributed by atoms with van der Waals surface area (Å²) in [6, 6.07) is -0.711. The van der Waals surface area contributed by atoms with E-state index in [1.165, 1.54) is 128 Å². The maximum absolute atomic E-state index is 13.2. The Balaban J connectivity index is 4.65. The van der Waals surface area contributed by atoms with E-state index in [4.69, 9.17) is 4.74 Å². The van der Waals surface area contributed by atoms with Gasteiger partial charge in [0.2, 0.25) is 5.91 Å². The fourth-order valence-electron chi connectivity index (χ4n) is 7.55. The van der Waals surface area contributed by atoms with Gasteiger partial charge >= 0.3 is 5.97 Å². The zero-order valence-electron chi connectivity index (χ0n) is 39.6. The lowest BCUT2D eigenvalue weighted by Crippen LogP contribution is -2.46. The molecule has 0 aliphatic rings. The van der Waals surface area contributed by atoms with E-state index in [1.54, 1.807) is 0 Å². The molecule has 0 bridgehead atoms. The topological polar surface area (TPSA) is 95.9 Å². The molecule has 0 aliphatic heterocycles. The van der Waals surface area contributed by atoms with Gasteiger partial charge in [-0.1, -0.05) is 223 Å². The molecular weight excluding hydrogens is 743 g/mol. The molecule has 0 heterocycles. The summed E-state index contributed by atoms with van der Waals surface area (Å²) in [7, 11) is 0. The summed E-state index contributed by atoms with van der Waals surface area (Å²) in [5, 5.41) is 23.7. The number of hydrogen-bond donors (Lipinski definition) is 3. The first-order valence-electron chi connectivity index (χ1n) is 25.6. The third-order valence-electron chi connectivity index (χ3n) is 11.4. The number of ether oxygens (including phenoxy) is 1. The fourth-order valence-corrected chi connectivity index (χ4v) is 7.55. The van der Waals surface area contributed by atoms with Crippen LogP contribution in [0.5, 0.6) is 0 Å². The van der Waals surface area contributed by atoms with Crippen molar-refractivity contribution in [2.75, 3.05) is 6.61 Å². The summed E-state index contributed by atoms with van der Waals surface area (Å²) in [4.78, 5) is 26.1. The number of esters is 1. The molecule has 0 aliphatic carbocycles. The lowest BCUT2D eigenvalue weighted by Gasteiger charge is -2.24. The van der Waals surface area contributed by atoms with E-state index < -0.39 is 18.2 Å². The molecule has 0 aromatic rings. The van der Waals surface area contributed by atoms with Crippen LogP contribution in [0.1, 0.15) is 245 Å². The number of carbonyl (C=O) groups is 2. The maximum Gasteiger partial charge on any atom is 0.306 e. The number of hydrogen-bond acceptors (Lipinski definition) is 5. The number of rotatable bonds is 45. The largest absolute Gasteiger partial charge is 0.462 e. The average molecular weight is 840 g/mol. The van der Waals surface area contributed by atoms with Crippen LogP contribution in [0.3, 0.4) is 0 Å². The molecule has 6 nitrogen and oxygen atoms in total. The van der Waals surface area contributed by atoms with Crippen molar-refractivity contribution in [1.82, 2.24) is 5.32 Å². The minimum atomic E-state index is -0.796. The zero-order valence-corrected chi connectivity index (χ0v) is 39.6. The summed E-state index contributed by atoms with van der Waals surface area (Å²) < 4.78 is 5.91. The minimum absolute atomic E-state index is 0.0577. The highest BCUT2D eigenvalue weighted by Gasteiger charge is 2.24. The Kier molecular flexibility index (Phi) is 45.7. The molecule has 0 spiro atoms. The second-order valence-corrected chi connectivity index (χ2v) is 17.3. The van der Waals surface area contributed by atoms with Gasteiger partial charge in [0.1, 0.15) is 6.10 Å². The molecule has 0 rings (SSSR count). The number of nitrogens with one attached hydrogen (secondary N) is 1. The van der Waals surface area contributed by atoms with Crippen molar-refractivity contribution >= 4 is 11.9 Å². The van der Waals surface area contributed by atoms with Crippen molar-refractivity contribution in [3.8, 4) is 0 Å². The molecular formula is C54H97NO5. The van der Waals surface area contributed by atoms with E-state index in [9.17, 15) is 19.8 Å².